The molecule has 2 aliphatic carbocycles. The Morgan fingerprint density at radius 2 is 1.85 bits per heavy atom. The number of esters is 1. The lowest BCUT2D eigenvalue weighted by atomic mass is 9.81. The third kappa shape index (κ3) is 8.95. The van der Waals surface area contributed by atoms with Crippen molar-refractivity contribution < 1.29 is 34.1 Å². The molecule has 1 aliphatic heterocycles. The fraction of sp³-hybridized carbons (Fsp3) is 0.667. The Morgan fingerprint density at radius 1 is 1.09 bits per heavy atom. The van der Waals surface area contributed by atoms with E-state index in [0.29, 0.717) is 50.1 Å². The molecule has 9 nitrogen and oxygen atoms in total. The van der Waals surface area contributed by atoms with Crippen molar-refractivity contribution in [1.82, 2.24) is 10.3 Å². The number of hydrogen-bond acceptors (Lipinski definition) is 9. The van der Waals surface area contributed by atoms with E-state index in [0.717, 1.165) is 42.3 Å². The van der Waals surface area contributed by atoms with Gasteiger partial charge in [-0.05, 0) is 97.1 Å². The Bertz CT molecular complexity index is 1370. The maximum absolute atomic E-state index is 14.3. The minimum atomic E-state index is -1.66. The van der Waals surface area contributed by atoms with Gasteiger partial charge >= 0.3 is 5.97 Å². The molecule has 3 N–H and O–H groups in total. The Balaban J connectivity index is 1.36. The molecule has 0 radical (unpaired) electrons. The van der Waals surface area contributed by atoms with Crippen molar-refractivity contribution in [2.75, 3.05) is 0 Å². The van der Waals surface area contributed by atoms with E-state index < -0.39 is 29.5 Å². The molecule has 2 aromatic rings. The van der Waals surface area contributed by atoms with Crippen molar-refractivity contribution in [3.05, 3.63) is 36.4 Å². The number of hydrogen-bond donors (Lipinski definition) is 3. The van der Waals surface area contributed by atoms with Gasteiger partial charge in [-0.1, -0.05) is 48.5 Å². The number of para-hydroxylation sites is 1. The molecular weight excluding hydrogens is 604 g/mol. The van der Waals surface area contributed by atoms with Crippen molar-refractivity contribution in [3.8, 4) is 5.19 Å². The van der Waals surface area contributed by atoms with Gasteiger partial charge in [-0.25, -0.2) is 4.98 Å². The number of rotatable bonds is 7. The number of benzene rings is 1. The first kappa shape index (κ1) is 34.5. The van der Waals surface area contributed by atoms with Crippen LogP contribution in [0.15, 0.2) is 36.4 Å². The zero-order chi connectivity index (χ0) is 32.9. The highest BCUT2D eigenvalue weighted by molar-refractivity contribution is 7.20. The standard InChI is InChI=1S/C36H50N2O7S/c1-35(2,3)45-30(39)17-11-13-23-12-7-5-4-6-8-14-26-22-36(26,33(42)43)38-32(41)25-19-18-24(31(23)40)20-27(21-25)44-34-37-28-15-9-10-16-29(28)46-34/h8-10,14-16,23-27,33,42-43H,4-7,11-13,17-22H2,1-3H3,(H,38,41)/b14-8-/t23-,24?,25+,26-,27+,36-/m1/s1. The van der Waals surface area contributed by atoms with Gasteiger partial charge in [0.1, 0.15) is 17.5 Å². The number of ketones is 1. The molecule has 0 saturated heterocycles. The SMILES string of the molecule is CC(C)(C)OC(=O)CCC[C@H]1CCCCC/C=C\[C@@H]2C[C@@]2(C(O)O)NC(=O)[C@H]2CCC(C[C@H](Oc3nc4ccccc4s3)C2)C1=O. The Morgan fingerprint density at radius 3 is 2.61 bits per heavy atom. The molecular formula is C36H50N2O7S. The number of carbonyl (C=O) groups excluding carboxylic acids is 3. The van der Waals surface area contributed by atoms with E-state index in [1.807, 2.05) is 51.1 Å². The average molecular weight is 655 g/mol. The largest absolute Gasteiger partial charge is 0.467 e. The lowest BCUT2D eigenvalue weighted by Crippen LogP contribution is -2.49. The molecule has 2 fully saturated rings. The van der Waals surface area contributed by atoms with Crippen LogP contribution in [0.5, 0.6) is 5.19 Å². The lowest BCUT2D eigenvalue weighted by molar-refractivity contribution is -0.155. The number of Topliss-reactive ketones (excluding diaryl/α,β-unsaturated/α-hetero) is 1. The third-order valence-electron chi connectivity index (χ3n) is 9.70. The van der Waals surface area contributed by atoms with Gasteiger partial charge in [-0.3, -0.25) is 14.4 Å². The van der Waals surface area contributed by atoms with Crippen molar-refractivity contribution in [2.24, 2.45) is 23.7 Å². The molecule has 2 bridgehead atoms. The fourth-order valence-electron chi connectivity index (χ4n) is 7.12. The average Bonchev–Trinajstić information content (AvgIpc) is 3.60. The fourth-order valence-corrected chi connectivity index (χ4v) is 8.01. The molecule has 1 aromatic heterocycles. The van der Waals surface area contributed by atoms with Gasteiger partial charge in [0.25, 0.3) is 5.19 Å². The molecule has 252 valence electrons. The van der Waals surface area contributed by atoms with Crippen LogP contribution in [0.4, 0.5) is 0 Å². The van der Waals surface area contributed by atoms with Crippen LogP contribution in [-0.2, 0) is 19.1 Å². The number of aliphatic hydroxyl groups excluding tert-OH is 1. The molecule has 0 spiro atoms. The number of nitrogens with one attached hydrogen (secondary N) is 1. The van der Waals surface area contributed by atoms with E-state index in [2.05, 4.69) is 16.4 Å². The number of aromatic nitrogens is 1. The Hall–Kier alpha value is -2.82. The predicted molar refractivity (Wildman–Crippen MR) is 177 cm³/mol. The maximum Gasteiger partial charge on any atom is 0.306 e. The van der Waals surface area contributed by atoms with E-state index in [1.54, 1.807) is 0 Å². The zero-order valence-electron chi connectivity index (χ0n) is 27.4. The van der Waals surface area contributed by atoms with Crippen LogP contribution >= 0.6 is 11.3 Å². The number of aliphatic hydroxyl groups is 2. The summed E-state index contributed by atoms with van der Waals surface area (Å²) in [5.74, 6) is -1.31. The molecule has 5 rings (SSSR count). The van der Waals surface area contributed by atoms with Crippen molar-refractivity contribution in [1.29, 1.82) is 0 Å². The van der Waals surface area contributed by atoms with Gasteiger partial charge < -0.3 is 25.0 Å². The minimum absolute atomic E-state index is 0.128. The highest BCUT2D eigenvalue weighted by atomic mass is 32.1. The molecule has 1 aromatic carbocycles. The van der Waals surface area contributed by atoms with E-state index in [9.17, 15) is 24.6 Å². The topological polar surface area (TPSA) is 135 Å². The van der Waals surface area contributed by atoms with Gasteiger partial charge in [0.2, 0.25) is 5.91 Å². The number of carbonyl (C=O) groups is 3. The summed E-state index contributed by atoms with van der Waals surface area (Å²) in [5.41, 5.74) is -0.777. The number of fused-ring (bicyclic) bond motifs is 5. The minimum Gasteiger partial charge on any atom is -0.467 e. The van der Waals surface area contributed by atoms with Crippen LogP contribution in [0.3, 0.4) is 0 Å². The van der Waals surface area contributed by atoms with Gasteiger partial charge in [0.05, 0.1) is 15.8 Å². The van der Waals surface area contributed by atoms with E-state index in [1.165, 1.54) is 11.3 Å². The third-order valence-corrected chi connectivity index (χ3v) is 10.6. The summed E-state index contributed by atoms with van der Waals surface area (Å²) in [7, 11) is 0. The molecule has 3 aliphatic rings. The number of amides is 1. The summed E-state index contributed by atoms with van der Waals surface area (Å²) in [6.45, 7) is 5.57. The normalized spacial score (nSPS) is 30.3. The number of thiazole rings is 1. The van der Waals surface area contributed by atoms with Gasteiger partial charge in [0, 0.05) is 30.1 Å². The summed E-state index contributed by atoms with van der Waals surface area (Å²) < 4.78 is 13.0. The van der Waals surface area contributed by atoms with E-state index in [-0.39, 0.29) is 41.8 Å². The highest BCUT2D eigenvalue weighted by Crippen LogP contribution is 2.47. The molecule has 1 unspecified atom stereocenters. The summed E-state index contributed by atoms with van der Waals surface area (Å²) in [5, 5.41) is 24.1. The van der Waals surface area contributed by atoms with Crippen LogP contribution in [0.1, 0.15) is 104 Å². The first-order valence-electron chi connectivity index (χ1n) is 17.1. The smallest absolute Gasteiger partial charge is 0.306 e. The summed E-state index contributed by atoms with van der Waals surface area (Å²) in [4.78, 5) is 45.1. The van der Waals surface area contributed by atoms with Crippen LogP contribution < -0.4 is 10.1 Å². The second kappa shape index (κ2) is 14.9. The number of ether oxygens (including phenoxy) is 2. The van der Waals surface area contributed by atoms with Crippen LogP contribution in [0, 0.1) is 23.7 Å². The Kier molecular flexibility index (Phi) is 11.2. The van der Waals surface area contributed by atoms with Gasteiger partial charge in [-0.15, -0.1) is 0 Å². The van der Waals surface area contributed by atoms with E-state index in [4.69, 9.17) is 9.47 Å². The van der Waals surface area contributed by atoms with Crippen molar-refractivity contribution in [3.63, 3.8) is 0 Å². The van der Waals surface area contributed by atoms with Gasteiger partial charge in [0.15, 0.2) is 6.29 Å². The zero-order valence-corrected chi connectivity index (χ0v) is 28.2. The quantitative estimate of drug-likeness (QED) is 0.181. The van der Waals surface area contributed by atoms with Crippen LogP contribution in [0.25, 0.3) is 10.2 Å². The highest BCUT2D eigenvalue weighted by Gasteiger charge is 2.59. The molecule has 1 amide bonds. The molecule has 10 heteroatoms. The Labute approximate surface area is 276 Å². The summed E-state index contributed by atoms with van der Waals surface area (Å²) in [6.07, 6.45) is 10.4. The maximum atomic E-state index is 14.3. The molecule has 46 heavy (non-hydrogen) atoms. The van der Waals surface area contributed by atoms with Crippen LogP contribution in [0.2, 0.25) is 0 Å². The summed E-state index contributed by atoms with van der Waals surface area (Å²) in [6, 6.07) is 7.82. The van der Waals surface area contributed by atoms with Crippen molar-refractivity contribution in [2.45, 2.75) is 128 Å². The van der Waals surface area contributed by atoms with Gasteiger partial charge in [-0.2, -0.15) is 0 Å². The predicted octanol–water partition coefficient (Wildman–Crippen LogP) is 6.25. The second-order valence-corrected chi connectivity index (χ2v) is 15.5. The van der Waals surface area contributed by atoms with E-state index >= 15 is 0 Å². The molecule has 6 atom stereocenters. The number of allylic oxidation sites excluding steroid dienone is 1. The number of nitrogens with zero attached hydrogens (tertiary/aromatic N) is 1. The lowest BCUT2D eigenvalue weighted by Gasteiger charge is -2.25. The monoisotopic (exact) mass is 654 g/mol. The first-order chi connectivity index (χ1) is 21.9. The first-order valence-corrected chi connectivity index (χ1v) is 17.9. The second-order valence-electron chi connectivity index (χ2n) is 14.5. The van der Waals surface area contributed by atoms with Crippen LogP contribution in [-0.4, -0.2) is 56.4 Å². The van der Waals surface area contributed by atoms with Crippen molar-refractivity contribution >= 4 is 39.2 Å². The molecule has 2 saturated carbocycles. The molecule has 2 heterocycles. The summed E-state index contributed by atoms with van der Waals surface area (Å²) >= 11 is 1.45.